The first-order valence-corrected chi connectivity index (χ1v) is 11.3. The molecule has 1 aliphatic rings. The molecule has 0 bridgehead atoms. The molecule has 0 unspecified atom stereocenters. The first kappa shape index (κ1) is 23.6. The lowest BCUT2D eigenvalue weighted by Gasteiger charge is -2.24. The molecule has 2 heterocycles. The molecule has 3 aromatic rings. The lowest BCUT2D eigenvalue weighted by molar-refractivity contribution is -0.132. The average molecular weight is 467 g/mol. The standard InChI is InChI=1S/C26H30N2O6/c1-30-23-13-19(14-24(31-2)26(23)32-3)22-15-20(27-34-22)16-28(17-21-10-7-11-33-21)25(29)12-18-8-5-4-6-9-18/h4-6,8-9,13-15,21H,7,10-12,16-17H2,1-3H3/t21-/m1/s1. The molecule has 1 fully saturated rings. The van der Waals surface area contributed by atoms with Gasteiger partial charge in [0, 0.05) is 24.8 Å². The van der Waals surface area contributed by atoms with Gasteiger partial charge in [-0.05, 0) is 30.5 Å². The third-order valence-electron chi connectivity index (χ3n) is 5.86. The van der Waals surface area contributed by atoms with Crippen molar-refractivity contribution in [1.82, 2.24) is 10.1 Å². The summed E-state index contributed by atoms with van der Waals surface area (Å²) >= 11 is 0. The van der Waals surface area contributed by atoms with Crippen LogP contribution >= 0.6 is 0 Å². The Bertz CT molecular complexity index is 1070. The van der Waals surface area contributed by atoms with Gasteiger partial charge in [0.15, 0.2) is 17.3 Å². The van der Waals surface area contributed by atoms with Crippen LogP contribution in [0, 0.1) is 0 Å². The van der Waals surface area contributed by atoms with Gasteiger partial charge in [0.05, 0.1) is 40.4 Å². The van der Waals surface area contributed by atoms with Crippen LogP contribution in [0.15, 0.2) is 53.1 Å². The van der Waals surface area contributed by atoms with Gasteiger partial charge in [-0.25, -0.2) is 0 Å². The number of hydrogen-bond acceptors (Lipinski definition) is 7. The number of rotatable bonds is 10. The van der Waals surface area contributed by atoms with Gasteiger partial charge in [-0.15, -0.1) is 0 Å². The van der Waals surface area contributed by atoms with Crippen molar-refractivity contribution in [3.8, 4) is 28.6 Å². The average Bonchev–Trinajstić information content (AvgIpc) is 3.55. The highest BCUT2D eigenvalue weighted by molar-refractivity contribution is 5.79. The van der Waals surface area contributed by atoms with Crippen LogP contribution < -0.4 is 14.2 Å². The van der Waals surface area contributed by atoms with Gasteiger partial charge in [-0.3, -0.25) is 4.79 Å². The van der Waals surface area contributed by atoms with E-state index in [-0.39, 0.29) is 12.0 Å². The van der Waals surface area contributed by atoms with Crippen LogP contribution in [0.1, 0.15) is 24.1 Å². The van der Waals surface area contributed by atoms with E-state index in [0.717, 1.165) is 30.6 Å². The monoisotopic (exact) mass is 466 g/mol. The summed E-state index contributed by atoms with van der Waals surface area (Å²) in [5.41, 5.74) is 2.36. The van der Waals surface area contributed by atoms with E-state index in [1.54, 1.807) is 38.4 Å². The Balaban J connectivity index is 1.54. The van der Waals surface area contributed by atoms with Gasteiger partial charge in [-0.2, -0.15) is 0 Å². The summed E-state index contributed by atoms with van der Waals surface area (Å²) in [5.74, 6) is 2.12. The summed E-state index contributed by atoms with van der Waals surface area (Å²) in [5, 5.41) is 4.23. The molecular formula is C26H30N2O6. The number of aromatic nitrogens is 1. The van der Waals surface area contributed by atoms with Crippen LogP contribution in [0.2, 0.25) is 0 Å². The summed E-state index contributed by atoms with van der Waals surface area (Å²) in [6, 6.07) is 15.2. The normalized spacial score (nSPS) is 15.2. The Hall–Kier alpha value is -3.52. The zero-order chi connectivity index (χ0) is 23.9. The number of carbonyl (C=O) groups excluding carboxylic acids is 1. The van der Waals surface area contributed by atoms with E-state index in [1.807, 2.05) is 36.4 Å². The number of hydrogen-bond donors (Lipinski definition) is 0. The minimum absolute atomic E-state index is 0.0269. The van der Waals surface area contributed by atoms with Gasteiger partial charge in [0.25, 0.3) is 0 Å². The van der Waals surface area contributed by atoms with Crippen molar-refractivity contribution in [3.05, 3.63) is 59.8 Å². The summed E-state index contributed by atoms with van der Waals surface area (Å²) in [7, 11) is 4.68. The fraction of sp³-hybridized carbons (Fsp3) is 0.385. The molecule has 8 nitrogen and oxygen atoms in total. The molecule has 0 aliphatic carbocycles. The predicted octanol–water partition coefficient (Wildman–Crippen LogP) is 4.12. The molecule has 0 saturated carbocycles. The molecule has 8 heteroatoms. The molecule has 1 aliphatic heterocycles. The molecule has 0 N–H and O–H groups in total. The number of methoxy groups -OCH3 is 3. The smallest absolute Gasteiger partial charge is 0.227 e. The van der Waals surface area contributed by atoms with E-state index in [4.69, 9.17) is 23.5 Å². The Morgan fingerprint density at radius 1 is 1.06 bits per heavy atom. The molecular weight excluding hydrogens is 436 g/mol. The van der Waals surface area contributed by atoms with Gasteiger partial charge in [-0.1, -0.05) is 35.5 Å². The van der Waals surface area contributed by atoms with E-state index in [1.165, 1.54) is 0 Å². The minimum Gasteiger partial charge on any atom is -0.493 e. The van der Waals surface area contributed by atoms with Crippen LogP contribution in [0.5, 0.6) is 17.2 Å². The molecule has 4 rings (SSSR count). The predicted molar refractivity (Wildman–Crippen MR) is 126 cm³/mol. The first-order chi connectivity index (χ1) is 16.6. The maximum Gasteiger partial charge on any atom is 0.227 e. The lowest BCUT2D eigenvalue weighted by atomic mass is 10.1. The zero-order valence-electron chi connectivity index (χ0n) is 19.8. The summed E-state index contributed by atoms with van der Waals surface area (Å²) in [6.45, 7) is 1.60. The number of ether oxygens (including phenoxy) is 4. The molecule has 1 amide bonds. The maximum absolute atomic E-state index is 13.2. The van der Waals surface area contributed by atoms with Crippen molar-refractivity contribution in [2.45, 2.75) is 31.9 Å². The Morgan fingerprint density at radius 3 is 2.41 bits per heavy atom. The Kier molecular flexibility index (Phi) is 7.69. The SMILES string of the molecule is COc1cc(-c2cc(CN(C[C@H]3CCCO3)C(=O)Cc3ccccc3)no2)cc(OC)c1OC. The Morgan fingerprint density at radius 2 is 1.79 bits per heavy atom. The van der Waals surface area contributed by atoms with E-state index in [2.05, 4.69) is 5.16 Å². The van der Waals surface area contributed by atoms with Gasteiger partial charge < -0.3 is 28.4 Å². The van der Waals surface area contributed by atoms with Crippen molar-refractivity contribution in [2.75, 3.05) is 34.5 Å². The highest BCUT2D eigenvalue weighted by atomic mass is 16.5. The number of amides is 1. The molecule has 1 saturated heterocycles. The van der Waals surface area contributed by atoms with Crippen molar-refractivity contribution in [1.29, 1.82) is 0 Å². The highest BCUT2D eigenvalue weighted by Crippen LogP contribution is 2.41. The molecule has 2 aromatic carbocycles. The van der Waals surface area contributed by atoms with E-state index in [9.17, 15) is 4.79 Å². The minimum atomic E-state index is 0.0269. The van der Waals surface area contributed by atoms with Crippen molar-refractivity contribution < 1.29 is 28.3 Å². The fourth-order valence-corrected chi connectivity index (χ4v) is 4.11. The molecule has 1 aromatic heterocycles. The van der Waals surface area contributed by atoms with Crippen LogP contribution in [-0.4, -0.2) is 56.5 Å². The van der Waals surface area contributed by atoms with Crippen molar-refractivity contribution in [2.24, 2.45) is 0 Å². The van der Waals surface area contributed by atoms with Gasteiger partial charge in [0.2, 0.25) is 11.7 Å². The van der Waals surface area contributed by atoms with Crippen LogP contribution in [-0.2, 0) is 22.5 Å². The largest absolute Gasteiger partial charge is 0.493 e. The van der Waals surface area contributed by atoms with Gasteiger partial charge in [0.1, 0.15) is 5.69 Å². The van der Waals surface area contributed by atoms with Crippen LogP contribution in [0.4, 0.5) is 0 Å². The lowest BCUT2D eigenvalue weighted by Crippen LogP contribution is -2.38. The molecule has 0 radical (unpaired) electrons. The third-order valence-corrected chi connectivity index (χ3v) is 5.86. The summed E-state index contributed by atoms with van der Waals surface area (Å²) in [6.07, 6.45) is 2.33. The zero-order valence-corrected chi connectivity index (χ0v) is 19.8. The number of carbonyl (C=O) groups is 1. The Labute approximate surface area is 199 Å². The van der Waals surface area contributed by atoms with E-state index >= 15 is 0 Å². The maximum atomic E-state index is 13.2. The first-order valence-electron chi connectivity index (χ1n) is 11.3. The summed E-state index contributed by atoms with van der Waals surface area (Å²) in [4.78, 5) is 15.0. The second kappa shape index (κ2) is 11.1. The highest BCUT2D eigenvalue weighted by Gasteiger charge is 2.24. The second-order valence-corrected chi connectivity index (χ2v) is 8.17. The quantitative estimate of drug-likeness (QED) is 0.444. The van der Waals surface area contributed by atoms with E-state index < -0.39 is 0 Å². The topological polar surface area (TPSA) is 83.3 Å². The molecule has 0 spiro atoms. The van der Waals surface area contributed by atoms with Crippen molar-refractivity contribution >= 4 is 5.91 Å². The second-order valence-electron chi connectivity index (χ2n) is 8.17. The van der Waals surface area contributed by atoms with Crippen molar-refractivity contribution in [3.63, 3.8) is 0 Å². The van der Waals surface area contributed by atoms with Crippen LogP contribution in [0.25, 0.3) is 11.3 Å². The molecule has 34 heavy (non-hydrogen) atoms. The number of nitrogens with zero attached hydrogens (tertiary/aromatic N) is 2. The van der Waals surface area contributed by atoms with Gasteiger partial charge >= 0.3 is 0 Å². The van der Waals surface area contributed by atoms with Crippen LogP contribution in [0.3, 0.4) is 0 Å². The van der Waals surface area contributed by atoms with E-state index in [0.29, 0.717) is 48.2 Å². The fourth-order valence-electron chi connectivity index (χ4n) is 4.11. The third kappa shape index (κ3) is 5.51. The summed E-state index contributed by atoms with van der Waals surface area (Å²) < 4.78 is 27.7. The number of benzene rings is 2. The molecule has 180 valence electrons. The molecule has 1 atom stereocenters.